The Labute approximate surface area is 113 Å². The van der Waals surface area contributed by atoms with Crippen LogP contribution in [0.15, 0.2) is 18.2 Å². The van der Waals surface area contributed by atoms with Crippen LogP contribution < -0.4 is 11.1 Å². The third-order valence-corrected chi connectivity index (χ3v) is 3.90. The normalized spacial score (nSPS) is 17.9. The number of rotatable bonds is 4. The first-order valence-electron chi connectivity index (χ1n) is 6.88. The second-order valence-corrected chi connectivity index (χ2v) is 5.40. The van der Waals surface area contributed by atoms with Crippen LogP contribution in [0.1, 0.15) is 39.0 Å². The lowest BCUT2D eigenvalue weighted by molar-refractivity contribution is -0.384. The van der Waals surface area contributed by atoms with Gasteiger partial charge in [0.2, 0.25) is 0 Å². The van der Waals surface area contributed by atoms with Crippen molar-refractivity contribution in [2.75, 3.05) is 11.1 Å². The van der Waals surface area contributed by atoms with E-state index in [1.807, 2.05) is 0 Å². The third kappa shape index (κ3) is 3.59. The van der Waals surface area contributed by atoms with Gasteiger partial charge in [0.25, 0.3) is 5.69 Å². The molecular weight excluding hydrogens is 242 g/mol. The number of benzene rings is 1. The van der Waals surface area contributed by atoms with E-state index in [1.54, 1.807) is 12.1 Å². The number of hydrogen-bond donors (Lipinski definition) is 2. The molecule has 0 aliphatic heterocycles. The Balaban J connectivity index is 2.07. The standard InChI is InChI=1S/C14H21N3O2/c1-10(11-5-3-2-4-6-11)16-13-7-12(15)8-14(9-13)17(18)19/h7-11,16H,2-6,15H2,1H3. The van der Waals surface area contributed by atoms with Crippen LogP contribution in [0.25, 0.3) is 0 Å². The van der Waals surface area contributed by atoms with Crippen molar-refractivity contribution in [1.82, 2.24) is 0 Å². The Morgan fingerprint density at radius 2 is 2.00 bits per heavy atom. The number of nitro benzene ring substituents is 1. The van der Waals surface area contributed by atoms with Crippen molar-refractivity contribution in [3.63, 3.8) is 0 Å². The van der Waals surface area contributed by atoms with Crippen LogP contribution in [-0.2, 0) is 0 Å². The minimum absolute atomic E-state index is 0.0401. The molecule has 0 spiro atoms. The Morgan fingerprint density at radius 3 is 2.63 bits per heavy atom. The summed E-state index contributed by atoms with van der Waals surface area (Å²) in [6, 6.07) is 5.01. The molecule has 1 fully saturated rings. The van der Waals surface area contributed by atoms with Crippen LogP contribution in [0.3, 0.4) is 0 Å². The van der Waals surface area contributed by atoms with Gasteiger partial charge in [0.05, 0.1) is 4.92 Å². The molecule has 0 saturated heterocycles. The fraction of sp³-hybridized carbons (Fsp3) is 0.571. The summed E-state index contributed by atoms with van der Waals surface area (Å²) in [4.78, 5) is 10.4. The molecular formula is C14H21N3O2. The quantitative estimate of drug-likeness (QED) is 0.494. The maximum absolute atomic E-state index is 10.8. The minimum atomic E-state index is -0.410. The van der Waals surface area contributed by atoms with Crippen LogP contribution in [0, 0.1) is 16.0 Å². The van der Waals surface area contributed by atoms with Crippen LogP contribution in [0.4, 0.5) is 17.1 Å². The number of anilines is 2. The Kier molecular flexibility index (Phi) is 4.24. The highest BCUT2D eigenvalue weighted by atomic mass is 16.6. The molecule has 2 rings (SSSR count). The van der Waals surface area contributed by atoms with Crippen LogP contribution in [-0.4, -0.2) is 11.0 Å². The predicted octanol–water partition coefficient (Wildman–Crippen LogP) is 3.56. The van der Waals surface area contributed by atoms with Crippen molar-refractivity contribution in [3.8, 4) is 0 Å². The highest BCUT2D eigenvalue weighted by Crippen LogP contribution is 2.29. The summed E-state index contributed by atoms with van der Waals surface area (Å²) in [5, 5.41) is 14.2. The van der Waals surface area contributed by atoms with Gasteiger partial charge in [-0.3, -0.25) is 10.1 Å². The van der Waals surface area contributed by atoms with Gasteiger partial charge in [-0.15, -0.1) is 0 Å². The molecule has 3 N–H and O–H groups in total. The molecule has 0 radical (unpaired) electrons. The molecule has 1 atom stereocenters. The zero-order valence-corrected chi connectivity index (χ0v) is 11.3. The SMILES string of the molecule is CC(Nc1cc(N)cc([N+](=O)[O-])c1)C1CCCCC1. The molecule has 0 bridgehead atoms. The highest BCUT2D eigenvalue weighted by Gasteiger charge is 2.20. The molecule has 104 valence electrons. The number of hydrogen-bond acceptors (Lipinski definition) is 4. The van der Waals surface area contributed by atoms with Crippen molar-refractivity contribution in [3.05, 3.63) is 28.3 Å². The first-order chi connectivity index (χ1) is 9.06. The molecule has 1 aliphatic rings. The average Bonchev–Trinajstić information content (AvgIpc) is 2.39. The first-order valence-corrected chi connectivity index (χ1v) is 6.88. The third-order valence-electron chi connectivity index (χ3n) is 3.90. The van der Waals surface area contributed by atoms with Crippen LogP contribution >= 0.6 is 0 Å². The van der Waals surface area contributed by atoms with E-state index >= 15 is 0 Å². The summed E-state index contributed by atoms with van der Waals surface area (Å²) in [6.45, 7) is 2.14. The Morgan fingerprint density at radius 1 is 1.32 bits per heavy atom. The lowest BCUT2D eigenvalue weighted by atomic mass is 9.84. The maximum atomic E-state index is 10.8. The summed E-state index contributed by atoms with van der Waals surface area (Å²) >= 11 is 0. The molecule has 19 heavy (non-hydrogen) atoms. The van der Waals surface area contributed by atoms with E-state index in [1.165, 1.54) is 38.2 Å². The Hall–Kier alpha value is -1.78. The summed E-state index contributed by atoms with van der Waals surface area (Å²) in [6.07, 6.45) is 6.37. The molecule has 1 aliphatic carbocycles. The van der Waals surface area contributed by atoms with Crippen molar-refractivity contribution in [1.29, 1.82) is 0 Å². The van der Waals surface area contributed by atoms with Gasteiger partial charge in [0.1, 0.15) is 0 Å². The zero-order chi connectivity index (χ0) is 13.8. The monoisotopic (exact) mass is 263 g/mol. The van der Waals surface area contributed by atoms with Crippen LogP contribution in [0.5, 0.6) is 0 Å². The van der Waals surface area contributed by atoms with E-state index < -0.39 is 4.92 Å². The van der Waals surface area contributed by atoms with Crippen molar-refractivity contribution < 1.29 is 4.92 Å². The summed E-state index contributed by atoms with van der Waals surface area (Å²) < 4.78 is 0. The zero-order valence-electron chi connectivity index (χ0n) is 11.3. The minimum Gasteiger partial charge on any atom is -0.398 e. The second-order valence-electron chi connectivity index (χ2n) is 5.40. The number of non-ortho nitro benzene ring substituents is 1. The molecule has 1 aromatic rings. The van der Waals surface area contributed by atoms with Crippen molar-refractivity contribution >= 4 is 17.1 Å². The van der Waals surface area contributed by atoms with Gasteiger partial charge in [-0.05, 0) is 31.7 Å². The summed E-state index contributed by atoms with van der Waals surface area (Å²) in [5.74, 6) is 0.647. The molecule has 0 aromatic heterocycles. The van der Waals surface area contributed by atoms with Gasteiger partial charge in [0, 0.05) is 29.5 Å². The van der Waals surface area contributed by atoms with Gasteiger partial charge in [-0.1, -0.05) is 19.3 Å². The molecule has 1 saturated carbocycles. The van der Waals surface area contributed by atoms with E-state index in [4.69, 9.17) is 5.73 Å². The topological polar surface area (TPSA) is 81.2 Å². The summed E-state index contributed by atoms with van der Waals surface area (Å²) in [7, 11) is 0. The number of nitrogens with one attached hydrogen (secondary N) is 1. The molecule has 5 heteroatoms. The fourth-order valence-electron chi connectivity index (χ4n) is 2.84. The van der Waals surface area contributed by atoms with Gasteiger partial charge in [-0.2, -0.15) is 0 Å². The average molecular weight is 263 g/mol. The first kappa shape index (κ1) is 13.6. The number of nitrogen functional groups attached to an aromatic ring is 1. The number of nitrogens with zero attached hydrogens (tertiary/aromatic N) is 1. The molecule has 1 aromatic carbocycles. The van der Waals surface area contributed by atoms with Gasteiger partial charge >= 0.3 is 0 Å². The van der Waals surface area contributed by atoms with Crippen LogP contribution in [0.2, 0.25) is 0 Å². The lowest BCUT2D eigenvalue weighted by Gasteiger charge is -2.29. The summed E-state index contributed by atoms with van der Waals surface area (Å²) in [5.41, 5.74) is 6.91. The molecule has 0 heterocycles. The van der Waals surface area contributed by atoms with Gasteiger partial charge < -0.3 is 11.1 Å². The number of nitro groups is 1. The van der Waals surface area contributed by atoms with Crippen molar-refractivity contribution in [2.24, 2.45) is 5.92 Å². The van der Waals surface area contributed by atoms with E-state index in [-0.39, 0.29) is 5.69 Å². The largest absolute Gasteiger partial charge is 0.398 e. The highest BCUT2D eigenvalue weighted by molar-refractivity contribution is 5.61. The smallest absolute Gasteiger partial charge is 0.273 e. The van der Waals surface area contributed by atoms with E-state index in [0.717, 1.165) is 5.69 Å². The second kappa shape index (κ2) is 5.91. The fourth-order valence-corrected chi connectivity index (χ4v) is 2.84. The lowest BCUT2D eigenvalue weighted by Crippen LogP contribution is -2.27. The van der Waals surface area contributed by atoms with Crippen molar-refractivity contribution in [2.45, 2.75) is 45.1 Å². The Bertz CT molecular complexity index is 456. The molecule has 1 unspecified atom stereocenters. The van der Waals surface area contributed by atoms with E-state index in [2.05, 4.69) is 12.2 Å². The van der Waals surface area contributed by atoms with Gasteiger partial charge in [0.15, 0.2) is 0 Å². The molecule has 0 amide bonds. The maximum Gasteiger partial charge on any atom is 0.273 e. The molecule has 5 nitrogen and oxygen atoms in total. The van der Waals surface area contributed by atoms with E-state index in [9.17, 15) is 10.1 Å². The number of nitrogens with two attached hydrogens (primary N) is 1. The van der Waals surface area contributed by atoms with Gasteiger partial charge in [-0.25, -0.2) is 0 Å². The van der Waals surface area contributed by atoms with E-state index in [0.29, 0.717) is 17.6 Å². The predicted molar refractivity (Wildman–Crippen MR) is 77.2 cm³/mol.